The summed E-state index contributed by atoms with van der Waals surface area (Å²) < 4.78 is 40.4. The summed E-state index contributed by atoms with van der Waals surface area (Å²) in [5.41, 5.74) is 1.45. The zero-order valence-corrected chi connectivity index (χ0v) is 21.3. The summed E-state index contributed by atoms with van der Waals surface area (Å²) in [5.74, 6) is -0.283. The molecule has 0 amide bonds. The van der Waals surface area contributed by atoms with Crippen LogP contribution in [0.5, 0.6) is 0 Å². The van der Waals surface area contributed by atoms with Crippen LogP contribution in [0.4, 0.5) is 13.2 Å². The van der Waals surface area contributed by atoms with Crippen molar-refractivity contribution in [3.63, 3.8) is 0 Å². The Bertz CT molecular complexity index is 1270. The summed E-state index contributed by atoms with van der Waals surface area (Å²) in [4.78, 5) is 13.7. The Morgan fingerprint density at radius 3 is 2.53 bits per heavy atom. The predicted molar refractivity (Wildman–Crippen MR) is 137 cm³/mol. The first-order chi connectivity index (χ1) is 17.1. The van der Waals surface area contributed by atoms with E-state index in [1.165, 1.54) is 12.1 Å². The summed E-state index contributed by atoms with van der Waals surface area (Å²) in [5, 5.41) is 15.6. The third-order valence-electron chi connectivity index (χ3n) is 7.39. The van der Waals surface area contributed by atoms with E-state index in [2.05, 4.69) is 19.2 Å². The summed E-state index contributed by atoms with van der Waals surface area (Å²) in [6, 6.07) is 10.3. The monoisotopic (exact) mass is 520 g/mol. The maximum Gasteiger partial charge on any atom is 0.416 e. The Hall–Kier alpha value is -2.51. The molecular weight excluding hydrogens is 489 g/mol. The lowest BCUT2D eigenvalue weighted by Crippen LogP contribution is -2.35. The van der Waals surface area contributed by atoms with Crippen LogP contribution in [0, 0.1) is 0 Å². The number of aromatic nitrogens is 1. The van der Waals surface area contributed by atoms with E-state index >= 15 is 0 Å². The molecule has 4 rings (SSSR count). The van der Waals surface area contributed by atoms with E-state index in [1.807, 2.05) is 0 Å². The number of rotatable bonds is 8. The highest BCUT2D eigenvalue weighted by Gasteiger charge is 2.35. The predicted octanol–water partition coefficient (Wildman–Crippen LogP) is 7.28. The molecule has 3 atom stereocenters. The van der Waals surface area contributed by atoms with Crippen LogP contribution in [-0.2, 0) is 12.6 Å². The normalized spacial score (nSPS) is 18.8. The van der Waals surface area contributed by atoms with Crippen molar-refractivity contribution in [2.75, 3.05) is 6.54 Å². The third kappa shape index (κ3) is 5.42. The van der Waals surface area contributed by atoms with Crippen LogP contribution in [-0.4, -0.2) is 22.5 Å². The second-order valence-corrected chi connectivity index (χ2v) is 10.2. The Morgan fingerprint density at radius 1 is 1.17 bits per heavy atom. The van der Waals surface area contributed by atoms with Crippen molar-refractivity contribution in [1.82, 2.24) is 10.0 Å². The Kier molecular flexibility index (Phi) is 8.00. The lowest BCUT2D eigenvalue weighted by Gasteiger charge is -2.34. The molecule has 0 spiro atoms. The lowest BCUT2D eigenvalue weighted by atomic mass is 9.73. The van der Waals surface area contributed by atoms with E-state index in [0.717, 1.165) is 48.2 Å². The van der Waals surface area contributed by atoms with E-state index in [0.29, 0.717) is 46.4 Å². The van der Waals surface area contributed by atoms with Gasteiger partial charge in [-0.3, -0.25) is 4.79 Å². The molecule has 3 aromatic rings. The van der Waals surface area contributed by atoms with Crippen molar-refractivity contribution >= 4 is 22.5 Å². The molecule has 0 saturated carbocycles. The van der Waals surface area contributed by atoms with E-state index < -0.39 is 11.7 Å². The van der Waals surface area contributed by atoms with Gasteiger partial charge in [-0.1, -0.05) is 44.0 Å². The zero-order valence-electron chi connectivity index (χ0n) is 20.5. The highest BCUT2D eigenvalue weighted by atomic mass is 35.5. The number of halogens is 4. The quantitative estimate of drug-likeness (QED) is 0.242. The van der Waals surface area contributed by atoms with Gasteiger partial charge in [-0.15, -0.1) is 0 Å². The van der Waals surface area contributed by atoms with Gasteiger partial charge >= 0.3 is 6.18 Å². The first-order valence-corrected chi connectivity index (χ1v) is 13.0. The molecule has 2 N–H and O–H groups in total. The minimum atomic E-state index is -4.40. The van der Waals surface area contributed by atoms with Crippen molar-refractivity contribution in [1.29, 1.82) is 0 Å². The minimum absolute atomic E-state index is 0.125. The minimum Gasteiger partial charge on any atom is -0.428 e. The molecule has 1 aliphatic carbocycles. The van der Waals surface area contributed by atoms with Crippen LogP contribution in [0.25, 0.3) is 10.9 Å². The molecule has 1 aromatic heterocycles. The molecule has 1 aliphatic rings. The van der Waals surface area contributed by atoms with Crippen molar-refractivity contribution in [3.8, 4) is 0 Å². The van der Waals surface area contributed by atoms with Gasteiger partial charge < -0.3 is 10.5 Å². The van der Waals surface area contributed by atoms with Crippen LogP contribution in [0.15, 0.2) is 47.3 Å². The number of pyridine rings is 1. The zero-order chi connectivity index (χ0) is 26.0. The molecule has 4 nitrogen and oxygen atoms in total. The van der Waals surface area contributed by atoms with Gasteiger partial charge in [-0.2, -0.15) is 17.9 Å². The standard InChI is InChI=1S/C28H32ClF3N2O2/c1-3-5-12-33-22(4-2)14-19-13-18(17-6-8-20(9-7-17)28(30,31)32)15-25-26(19)27(35)23-16-21(29)10-11-24(23)34(25)36/h6-11,16,18-19,22,33,36H,3-5,12-15H2,1-2H3. The fourth-order valence-corrected chi connectivity index (χ4v) is 5.61. The van der Waals surface area contributed by atoms with Gasteiger partial charge in [0, 0.05) is 16.6 Å². The second-order valence-electron chi connectivity index (χ2n) is 9.76. The summed E-state index contributed by atoms with van der Waals surface area (Å²) in [6.45, 7) is 5.12. The largest absolute Gasteiger partial charge is 0.428 e. The number of unbranched alkanes of at least 4 members (excludes halogenated alkanes) is 1. The Labute approximate surface area is 214 Å². The maximum atomic E-state index is 13.7. The number of hydrogen-bond donors (Lipinski definition) is 2. The summed E-state index contributed by atoms with van der Waals surface area (Å²) >= 11 is 6.17. The van der Waals surface area contributed by atoms with Crippen molar-refractivity contribution in [2.24, 2.45) is 0 Å². The van der Waals surface area contributed by atoms with E-state index in [-0.39, 0.29) is 23.3 Å². The number of nitrogens with one attached hydrogen (secondary N) is 1. The van der Waals surface area contributed by atoms with Gasteiger partial charge in [-0.25, -0.2) is 0 Å². The fraction of sp³-hybridized carbons (Fsp3) is 0.464. The molecule has 8 heteroatoms. The molecule has 2 aromatic carbocycles. The van der Waals surface area contributed by atoms with E-state index in [1.54, 1.807) is 18.2 Å². The van der Waals surface area contributed by atoms with Crippen molar-refractivity contribution in [2.45, 2.75) is 76.4 Å². The van der Waals surface area contributed by atoms with Crippen LogP contribution < -0.4 is 10.7 Å². The first-order valence-electron chi connectivity index (χ1n) is 12.6. The smallest absolute Gasteiger partial charge is 0.416 e. The molecule has 0 fully saturated rings. The maximum absolute atomic E-state index is 13.7. The van der Waals surface area contributed by atoms with Crippen LogP contribution >= 0.6 is 11.6 Å². The van der Waals surface area contributed by atoms with E-state index in [9.17, 15) is 23.2 Å². The van der Waals surface area contributed by atoms with Gasteiger partial charge in [0.05, 0.1) is 22.2 Å². The number of hydrogen-bond acceptors (Lipinski definition) is 3. The highest BCUT2D eigenvalue weighted by molar-refractivity contribution is 6.31. The molecule has 0 bridgehead atoms. The average molecular weight is 521 g/mol. The van der Waals surface area contributed by atoms with Gasteiger partial charge in [-0.05, 0) is 86.4 Å². The molecular formula is C28H32ClF3N2O2. The van der Waals surface area contributed by atoms with Crippen LogP contribution in [0.3, 0.4) is 0 Å². The molecule has 0 saturated heterocycles. The summed E-state index contributed by atoms with van der Waals surface area (Å²) in [6.07, 6.45) is 0.294. The molecule has 0 aliphatic heterocycles. The molecule has 3 unspecified atom stereocenters. The molecule has 36 heavy (non-hydrogen) atoms. The second kappa shape index (κ2) is 10.9. The van der Waals surface area contributed by atoms with Crippen molar-refractivity contribution < 1.29 is 18.4 Å². The van der Waals surface area contributed by atoms with Crippen LogP contribution in [0.1, 0.15) is 80.2 Å². The fourth-order valence-electron chi connectivity index (χ4n) is 5.44. The molecule has 194 valence electrons. The average Bonchev–Trinajstić information content (AvgIpc) is 2.85. The number of alkyl halides is 3. The molecule has 1 heterocycles. The third-order valence-corrected chi connectivity index (χ3v) is 7.63. The van der Waals surface area contributed by atoms with Gasteiger partial charge in [0.15, 0.2) is 5.43 Å². The Balaban J connectivity index is 1.78. The summed E-state index contributed by atoms with van der Waals surface area (Å²) in [7, 11) is 0. The first kappa shape index (κ1) is 26.6. The number of fused-ring (bicyclic) bond motifs is 2. The van der Waals surface area contributed by atoms with Gasteiger partial charge in [0.1, 0.15) is 0 Å². The SMILES string of the molecule is CCCCNC(CC)CC1CC(c2ccc(C(F)(F)F)cc2)Cc2c1c(=O)c1cc(Cl)ccc1n2O. The highest BCUT2D eigenvalue weighted by Crippen LogP contribution is 2.42. The molecule has 0 radical (unpaired) electrons. The topological polar surface area (TPSA) is 54.3 Å². The Morgan fingerprint density at radius 2 is 1.89 bits per heavy atom. The van der Waals surface area contributed by atoms with Crippen LogP contribution in [0.2, 0.25) is 5.02 Å². The number of nitrogens with zero attached hydrogens (tertiary/aromatic N) is 1. The van der Waals surface area contributed by atoms with Crippen molar-refractivity contribution in [3.05, 3.63) is 80.1 Å². The van der Waals surface area contributed by atoms with E-state index in [4.69, 9.17) is 11.6 Å². The van der Waals surface area contributed by atoms with Gasteiger partial charge in [0.25, 0.3) is 0 Å². The lowest BCUT2D eigenvalue weighted by molar-refractivity contribution is -0.137. The number of benzene rings is 2. The van der Waals surface area contributed by atoms with Gasteiger partial charge in [0.2, 0.25) is 0 Å².